The van der Waals surface area contributed by atoms with Gasteiger partial charge in [0.1, 0.15) is 11.5 Å². The summed E-state index contributed by atoms with van der Waals surface area (Å²) < 4.78 is 10.9. The Balaban J connectivity index is 1.70. The predicted molar refractivity (Wildman–Crippen MR) is 115 cm³/mol. The van der Waals surface area contributed by atoms with Crippen molar-refractivity contribution in [2.45, 2.75) is 27.3 Å². The number of methoxy groups -OCH3 is 1. The topological polar surface area (TPSA) is 60.5 Å². The first-order chi connectivity index (χ1) is 13.9. The van der Waals surface area contributed by atoms with Gasteiger partial charge in [0.2, 0.25) is 0 Å². The van der Waals surface area contributed by atoms with Gasteiger partial charge < -0.3 is 14.8 Å². The molecule has 150 valence electrons. The van der Waals surface area contributed by atoms with E-state index in [1.54, 1.807) is 13.3 Å². The van der Waals surface area contributed by atoms with Crippen molar-refractivity contribution in [1.82, 2.24) is 10.3 Å². The smallest absolute Gasteiger partial charge is 0.412 e. The zero-order valence-corrected chi connectivity index (χ0v) is 17.6. The number of carbonyl (C=O) groups excluding carboxylic acids is 1. The van der Waals surface area contributed by atoms with Gasteiger partial charge in [-0.3, -0.25) is 4.98 Å². The largest absolute Gasteiger partial charge is 0.496 e. The molecule has 1 aromatic heterocycles. The average Bonchev–Trinajstić information content (AvgIpc) is 2.68. The summed E-state index contributed by atoms with van der Waals surface area (Å²) in [5, 5.41) is 3.42. The standard InChI is InChI=1S/C23H23ClN2O3/c1-14-9-18(17-5-7-19(24)8-6-17)11-20(10-14)29-23(27)26-13-21-16(3)22(28-4)15(2)12-25-21/h5-12H,13H2,1-4H3,(H,26,27). The van der Waals surface area contributed by atoms with E-state index in [9.17, 15) is 4.79 Å². The first-order valence-corrected chi connectivity index (χ1v) is 9.57. The number of halogens is 1. The van der Waals surface area contributed by atoms with Crippen molar-refractivity contribution in [3.63, 3.8) is 0 Å². The van der Waals surface area contributed by atoms with Crippen LogP contribution in [0.3, 0.4) is 0 Å². The number of benzene rings is 2. The second-order valence-corrected chi connectivity index (χ2v) is 7.27. The number of aryl methyl sites for hydroxylation is 2. The summed E-state index contributed by atoms with van der Waals surface area (Å²) in [5.74, 6) is 1.25. The van der Waals surface area contributed by atoms with E-state index in [-0.39, 0.29) is 6.54 Å². The lowest BCUT2D eigenvalue weighted by molar-refractivity contribution is 0.200. The third kappa shape index (κ3) is 5.06. The summed E-state index contributed by atoms with van der Waals surface area (Å²) in [4.78, 5) is 16.7. The minimum atomic E-state index is -0.543. The Morgan fingerprint density at radius 2 is 1.79 bits per heavy atom. The minimum absolute atomic E-state index is 0.247. The molecule has 0 unspecified atom stereocenters. The van der Waals surface area contributed by atoms with Crippen molar-refractivity contribution < 1.29 is 14.3 Å². The molecule has 0 atom stereocenters. The monoisotopic (exact) mass is 410 g/mol. The van der Waals surface area contributed by atoms with E-state index in [1.807, 2.05) is 63.2 Å². The molecule has 0 aliphatic carbocycles. The van der Waals surface area contributed by atoms with Crippen LogP contribution in [0.25, 0.3) is 11.1 Å². The molecule has 0 saturated carbocycles. The molecule has 0 fully saturated rings. The molecule has 0 aliphatic rings. The lowest BCUT2D eigenvalue weighted by atomic mass is 10.0. The van der Waals surface area contributed by atoms with E-state index in [0.29, 0.717) is 10.8 Å². The number of rotatable bonds is 5. The summed E-state index contributed by atoms with van der Waals surface area (Å²) in [7, 11) is 1.62. The molecule has 3 rings (SSSR count). The summed E-state index contributed by atoms with van der Waals surface area (Å²) in [6.45, 7) is 6.05. The quantitative estimate of drug-likeness (QED) is 0.592. The molecule has 5 nitrogen and oxygen atoms in total. The summed E-state index contributed by atoms with van der Waals surface area (Å²) in [6, 6.07) is 13.2. The highest BCUT2D eigenvalue weighted by Gasteiger charge is 2.12. The maximum Gasteiger partial charge on any atom is 0.412 e. The maximum absolute atomic E-state index is 12.3. The molecular weight excluding hydrogens is 388 g/mol. The number of amides is 1. The highest BCUT2D eigenvalue weighted by atomic mass is 35.5. The molecule has 0 aliphatic heterocycles. The lowest BCUT2D eigenvalue weighted by Gasteiger charge is -2.13. The van der Waals surface area contributed by atoms with E-state index in [1.165, 1.54) is 0 Å². The SMILES string of the molecule is COc1c(C)cnc(CNC(=O)Oc2cc(C)cc(-c3ccc(Cl)cc3)c2)c1C. The molecule has 6 heteroatoms. The first-order valence-electron chi connectivity index (χ1n) is 9.19. The van der Waals surface area contributed by atoms with Gasteiger partial charge in [-0.1, -0.05) is 29.8 Å². The van der Waals surface area contributed by atoms with Crippen molar-refractivity contribution in [1.29, 1.82) is 0 Å². The number of aromatic nitrogens is 1. The van der Waals surface area contributed by atoms with Crippen LogP contribution in [0.15, 0.2) is 48.7 Å². The number of nitrogens with zero attached hydrogens (tertiary/aromatic N) is 1. The first kappa shape index (κ1) is 20.7. The van der Waals surface area contributed by atoms with E-state index < -0.39 is 6.09 Å². The minimum Gasteiger partial charge on any atom is -0.496 e. The molecule has 3 aromatic rings. The maximum atomic E-state index is 12.3. The van der Waals surface area contributed by atoms with Crippen LogP contribution in [0.5, 0.6) is 11.5 Å². The van der Waals surface area contributed by atoms with Gasteiger partial charge in [0.25, 0.3) is 0 Å². The van der Waals surface area contributed by atoms with Crippen LogP contribution in [-0.2, 0) is 6.54 Å². The number of hydrogen-bond donors (Lipinski definition) is 1. The third-order valence-electron chi connectivity index (χ3n) is 4.59. The van der Waals surface area contributed by atoms with Gasteiger partial charge in [-0.05, 0) is 61.7 Å². The van der Waals surface area contributed by atoms with Crippen LogP contribution >= 0.6 is 11.6 Å². The Hall–Kier alpha value is -3.05. The van der Waals surface area contributed by atoms with Gasteiger partial charge in [0.15, 0.2) is 0 Å². The van der Waals surface area contributed by atoms with Gasteiger partial charge in [0, 0.05) is 22.3 Å². The molecule has 2 aromatic carbocycles. The fraction of sp³-hybridized carbons (Fsp3) is 0.217. The Morgan fingerprint density at radius 1 is 1.07 bits per heavy atom. The van der Waals surface area contributed by atoms with Crippen molar-refractivity contribution in [3.8, 4) is 22.6 Å². The second-order valence-electron chi connectivity index (χ2n) is 6.83. The molecule has 1 amide bonds. The van der Waals surface area contributed by atoms with Gasteiger partial charge in [-0.2, -0.15) is 0 Å². The molecule has 29 heavy (non-hydrogen) atoms. The molecule has 1 N–H and O–H groups in total. The lowest BCUT2D eigenvalue weighted by Crippen LogP contribution is -2.27. The van der Waals surface area contributed by atoms with Crippen molar-refractivity contribution in [3.05, 3.63) is 76.1 Å². The summed E-state index contributed by atoms with van der Waals surface area (Å²) >= 11 is 5.96. The Kier molecular flexibility index (Phi) is 6.39. The second kappa shape index (κ2) is 8.97. The Morgan fingerprint density at radius 3 is 2.48 bits per heavy atom. The predicted octanol–water partition coefficient (Wildman–Crippen LogP) is 5.62. The fourth-order valence-corrected chi connectivity index (χ4v) is 3.29. The molecule has 1 heterocycles. The highest BCUT2D eigenvalue weighted by molar-refractivity contribution is 6.30. The zero-order chi connectivity index (χ0) is 21.0. The summed E-state index contributed by atoms with van der Waals surface area (Å²) in [5.41, 5.74) is 5.51. The van der Waals surface area contributed by atoms with E-state index in [0.717, 1.165) is 39.3 Å². The van der Waals surface area contributed by atoms with E-state index in [2.05, 4.69) is 10.3 Å². The number of hydrogen-bond acceptors (Lipinski definition) is 4. The van der Waals surface area contributed by atoms with Crippen LogP contribution in [0.1, 0.15) is 22.4 Å². The normalized spacial score (nSPS) is 10.5. The van der Waals surface area contributed by atoms with Crippen molar-refractivity contribution >= 4 is 17.7 Å². The molecule has 0 radical (unpaired) electrons. The highest BCUT2D eigenvalue weighted by Crippen LogP contribution is 2.27. The van der Waals surface area contributed by atoms with Crippen molar-refractivity contribution in [2.24, 2.45) is 0 Å². The van der Waals surface area contributed by atoms with Gasteiger partial charge >= 0.3 is 6.09 Å². The molecule has 0 spiro atoms. The molecular formula is C23H23ClN2O3. The summed E-state index contributed by atoms with van der Waals surface area (Å²) in [6.07, 6.45) is 1.19. The third-order valence-corrected chi connectivity index (χ3v) is 4.84. The van der Waals surface area contributed by atoms with Gasteiger partial charge in [-0.15, -0.1) is 0 Å². The Bertz CT molecular complexity index is 1030. The van der Waals surface area contributed by atoms with Gasteiger partial charge in [0.05, 0.1) is 19.3 Å². The number of carbonyl (C=O) groups is 1. The van der Waals surface area contributed by atoms with Crippen LogP contribution in [-0.4, -0.2) is 18.2 Å². The van der Waals surface area contributed by atoms with Crippen LogP contribution in [0.2, 0.25) is 5.02 Å². The van der Waals surface area contributed by atoms with Crippen molar-refractivity contribution in [2.75, 3.05) is 7.11 Å². The average molecular weight is 411 g/mol. The number of ether oxygens (including phenoxy) is 2. The number of nitrogens with one attached hydrogen (secondary N) is 1. The van der Waals surface area contributed by atoms with Gasteiger partial charge in [-0.25, -0.2) is 4.79 Å². The number of pyridine rings is 1. The van der Waals surface area contributed by atoms with Crippen LogP contribution < -0.4 is 14.8 Å². The van der Waals surface area contributed by atoms with E-state index in [4.69, 9.17) is 21.1 Å². The fourth-order valence-electron chi connectivity index (χ4n) is 3.16. The Labute approximate surface area is 175 Å². The molecule has 0 bridgehead atoms. The van der Waals surface area contributed by atoms with Crippen LogP contribution in [0, 0.1) is 20.8 Å². The van der Waals surface area contributed by atoms with E-state index >= 15 is 0 Å². The zero-order valence-electron chi connectivity index (χ0n) is 16.9. The molecule has 0 saturated heterocycles. The van der Waals surface area contributed by atoms with Crippen LogP contribution in [0.4, 0.5) is 4.79 Å².